The number of carbonyl (C=O) groups excluding carboxylic acids is 2. The van der Waals surface area contributed by atoms with Gasteiger partial charge in [-0.15, -0.1) is 0 Å². The Bertz CT molecular complexity index is 1220. The molecule has 0 saturated carbocycles. The molecule has 1 aromatic carbocycles. The number of hydrogen-bond acceptors (Lipinski definition) is 6. The Labute approximate surface area is 203 Å². The van der Waals surface area contributed by atoms with Gasteiger partial charge in [0.15, 0.2) is 0 Å². The van der Waals surface area contributed by atoms with E-state index in [2.05, 4.69) is 20.6 Å². The van der Waals surface area contributed by atoms with Crippen LogP contribution < -0.4 is 10.6 Å². The molecule has 1 fully saturated rings. The molecule has 2 amide bonds. The van der Waals surface area contributed by atoms with Crippen molar-refractivity contribution in [2.45, 2.75) is 39.3 Å². The van der Waals surface area contributed by atoms with Gasteiger partial charge in [0.2, 0.25) is 5.95 Å². The topological polar surface area (TPSA) is 101 Å². The molecule has 3 aromatic rings. The van der Waals surface area contributed by atoms with Gasteiger partial charge in [0.05, 0.1) is 22.1 Å². The number of anilines is 1. The lowest BCUT2D eigenvalue weighted by Gasteiger charge is -2.29. The van der Waals surface area contributed by atoms with Gasteiger partial charge in [-0.3, -0.25) is 15.1 Å². The Kier molecular flexibility index (Phi) is 6.77. The summed E-state index contributed by atoms with van der Waals surface area (Å²) in [5.74, 6) is 0.0594. The lowest BCUT2D eigenvalue weighted by Crippen LogP contribution is -2.40. The summed E-state index contributed by atoms with van der Waals surface area (Å²) >= 11 is 6.59. The Balaban J connectivity index is 1.71. The molecular weight excluding hydrogens is 456 g/mol. The predicted molar refractivity (Wildman–Crippen MR) is 131 cm³/mol. The molecule has 0 aliphatic carbocycles. The fraction of sp³-hybridized carbons (Fsp3) is 0.417. The first-order valence-corrected chi connectivity index (χ1v) is 11.6. The fourth-order valence-electron chi connectivity index (χ4n) is 3.97. The van der Waals surface area contributed by atoms with Crippen molar-refractivity contribution in [1.82, 2.24) is 24.8 Å². The highest BCUT2D eigenvalue weighted by atomic mass is 35.5. The minimum absolute atomic E-state index is 0.241. The number of aryl methyl sites for hydroxylation is 1. The van der Waals surface area contributed by atoms with Gasteiger partial charge < -0.3 is 19.5 Å². The summed E-state index contributed by atoms with van der Waals surface area (Å²) in [6.45, 7) is 9.41. The van der Waals surface area contributed by atoms with E-state index in [1.165, 1.54) is 0 Å². The highest BCUT2D eigenvalue weighted by molar-refractivity contribution is 6.35. The number of benzene rings is 1. The van der Waals surface area contributed by atoms with E-state index in [4.69, 9.17) is 16.3 Å². The van der Waals surface area contributed by atoms with Crippen LogP contribution in [0, 0.1) is 6.92 Å². The number of pyridine rings is 1. The molecular formula is C24H29ClN6O3. The van der Waals surface area contributed by atoms with Crippen molar-refractivity contribution in [3.8, 4) is 0 Å². The maximum Gasteiger partial charge on any atom is 0.410 e. The van der Waals surface area contributed by atoms with Crippen LogP contribution in [0.15, 0.2) is 36.5 Å². The van der Waals surface area contributed by atoms with E-state index in [9.17, 15) is 9.59 Å². The number of nitrogens with zero attached hydrogens (tertiary/aromatic N) is 4. The number of halogens is 1. The maximum atomic E-state index is 13.0. The predicted octanol–water partition coefficient (Wildman–Crippen LogP) is 4.03. The molecule has 34 heavy (non-hydrogen) atoms. The minimum Gasteiger partial charge on any atom is -0.444 e. The number of para-hydroxylation sites is 1. The van der Waals surface area contributed by atoms with Crippen molar-refractivity contribution in [3.05, 3.63) is 52.8 Å². The first-order chi connectivity index (χ1) is 16.1. The molecule has 1 unspecified atom stereocenters. The summed E-state index contributed by atoms with van der Waals surface area (Å²) in [5, 5.41) is 6.82. The second-order valence-corrected chi connectivity index (χ2v) is 9.74. The molecule has 0 bridgehead atoms. The summed E-state index contributed by atoms with van der Waals surface area (Å²) < 4.78 is 7.51. The average Bonchev–Trinajstić information content (AvgIpc) is 2.95. The summed E-state index contributed by atoms with van der Waals surface area (Å²) in [6, 6.07) is 8.58. The van der Waals surface area contributed by atoms with E-state index in [0.717, 1.165) is 5.69 Å². The number of carbonyl (C=O) groups is 2. The summed E-state index contributed by atoms with van der Waals surface area (Å²) in [7, 11) is 0. The molecule has 0 spiro atoms. The Morgan fingerprint density at radius 2 is 2.06 bits per heavy atom. The highest BCUT2D eigenvalue weighted by Gasteiger charge is 2.30. The van der Waals surface area contributed by atoms with Gasteiger partial charge in [0.25, 0.3) is 5.91 Å². The molecule has 9 nitrogen and oxygen atoms in total. The first-order valence-electron chi connectivity index (χ1n) is 11.2. The number of nitrogens with one attached hydrogen (secondary N) is 2. The van der Waals surface area contributed by atoms with E-state index < -0.39 is 5.60 Å². The largest absolute Gasteiger partial charge is 0.444 e. The number of amides is 2. The van der Waals surface area contributed by atoms with Gasteiger partial charge in [-0.05, 0) is 52.0 Å². The second-order valence-electron chi connectivity index (χ2n) is 9.34. The molecule has 1 aliphatic rings. The summed E-state index contributed by atoms with van der Waals surface area (Å²) in [4.78, 5) is 36.4. The van der Waals surface area contributed by atoms with Crippen molar-refractivity contribution < 1.29 is 14.3 Å². The van der Waals surface area contributed by atoms with Crippen LogP contribution in [0.3, 0.4) is 0 Å². The van der Waals surface area contributed by atoms with Crippen molar-refractivity contribution in [2.75, 3.05) is 31.5 Å². The molecule has 0 radical (unpaired) electrons. The van der Waals surface area contributed by atoms with Crippen molar-refractivity contribution in [2.24, 2.45) is 0 Å². The molecule has 3 heterocycles. The first kappa shape index (κ1) is 24.0. The molecule has 10 heteroatoms. The van der Waals surface area contributed by atoms with Crippen LogP contribution in [0.4, 0.5) is 10.7 Å². The minimum atomic E-state index is -0.598. The third-order valence-corrected chi connectivity index (χ3v) is 5.74. The van der Waals surface area contributed by atoms with Gasteiger partial charge in [-0.25, -0.2) is 9.78 Å². The molecule has 180 valence electrons. The van der Waals surface area contributed by atoms with Crippen LogP contribution in [0.1, 0.15) is 42.9 Å². The number of aromatic nitrogens is 3. The van der Waals surface area contributed by atoms with Gasteiger partial charge in [-0.1, -0.05) is 17.7 Å². The number of ether oxygens (including phenoxy) is 1. The van der Waals surface area contributed by atoms with Gasteiger partial charge in [-0.2, -0.15) is 0 Å². The van der Waals surface area contributed by atoms with Crippen molar-refractivity contribution >= 4 is 40.6 Å². The van der Waals surface area contributed by atoms with Crippen molar-refractivity contribution in [3.63, 3.8) is 0 Å². The molecule has 4 rings (SSSR count). The Morgan fingerprint density at radius 3 is 2.79 bits per heavy atom. The molecule has 1 aliphatic heterocycles. The van der Waals surface area contributed by atoms with Gasteiger partial charge in [0.1, 0.15) is 5.60 Å². The lowest BCUT2D eigenvalue weighted by molar-refractivity contribution is 0.0244. The summed E-state index contributed by atoms with van der Waals surface area (Å²) in [6.07, 6.45) is 1.22. The Hall–Kier alpha value is -3.17. The zero-order valence-electron chi connectivity index (χ0n) is 19.8. The van der Waals surface area contributed by atoms with Crippen LogP contribution >= 0.6 is 11.6 Å². The number of imidazole rings is 1. The van der Waals surface area contributed by atoms with Gasteiger partial charge >= 0.3 is 6.09 Å². The molecule has 1 atom stereocenters. The third kappa shape index (κ3) is 5.31. The monoisotopic (exact) mass is 484 g/mol. The smallest absolute Gasteiger partial charge is 0.410 e. The summed E-state index contributed by atoms with van der Waals surface area (Å²) in [5.41, 5.74) is 1.97. The SMILES string of the molecule is Cc1cc(C(=O)Nc2nc3cccc(Cl)c3n2C2CNCCN(C(=O)OC(C)(C)C)C2)ccn1. The van der Waals surface area contributed by atoms with E-state index in [1.807, 2.05) is 44.4 Å². The quantitative estimate of drug-likeness (QED) is 0.582. The molecule has 1 saturated heterocycles. The highest BCUT2D eigenvalue weighted by Crippen LogP contribution is 2.31. The average molecular weight is 485 g/mol. The standard InChI is InChI=1S/C24H29ClN6O3/c1-15-12-16(8-9-27-15)21(32)29-22-28-19-7-5-6-18(25)20(19)31(22)17-13-26-10-11-30(14-17)23(33)34-24(2,3)4/h5-9,12,17,26H,10-11,13-14H2,1-4H3,(H,28,29,32). The van der Waals surface area contributed by atoms with E-state index in [0.29, 0.717) is 53.7 Å². The number of rotatable bonds is 3. The lowest BCUT2D eigenvalue weighted by atomic mass is 10.2. The normalized spacial score (nSPS) is 16.9. The molecule has 2 aromatic heterocycles. The Morgan fingerprint density at radius 1 is 1.26 bits per heavy atom. The fourth-order valence-corrected chi connectivity index (χ4v) is 4.23. The van der Waals surface area contributed by atoms with Crippen LogP contribution in [-0.2, 0) is 4.74 Å². The zero-order chi connectivity index (χ0) is 24.5. The maximum absolute atomic E-state index is 13.0. The third-order valence-electron chi connectivity index (χ3n) is 5.43. The number of fused-ring (bicyclic) bond motifs is 1. The van der Waals surface area contributed by atoms with Crippen LogP contribution in [0.25, 0.3) is 11.0 Å². The van der Waals surface area contributed by atoms with Crippen molar-refractivity contribution in [1.29, 1.82) is 0 Å². The van der Waals surface area contributed by atoms with E-state index >= 15 is 0 Å². The van der Waals surface area contributed by atoms with Crippen LogP contribution in [0.5, 0.6) is 0 Å². The van der Waals surface area contributed by atoms with Gasteiger partial charge in [0, 0.05) is 43.6 Å². The zero-order valence-corrected chi connectivity index (χ0v) is 20.5. The van der Waals surface area contributed by atoms with Crippen LogP contribution in [-0.4, -0.2) is 63.2 Å². The second kappa shape index (κ2) is 9.60. The van der Waals surface area contributed by atoms with Crippen LogP contribution in [0.2, 0.25) is 5.02 Å². The van der Waals surface area contributed by atoms with E-state index in [1.54, 1.807) is 29.3 Å². The number of hydrogen-bond donors (Lipinski definition) is 2. The van der Waals surface area contributed by atoms with E-state index in [-0.39, 0.29) is 18.0 Å². The molecule has 2 N–H and O–H groups in total.